The van der Waals surface area contributed by atoms with Gasteiger partial charge in [0.05, 0.1) is 6.04 Å². The number of fused-ring (bicyclic) bond motifs is 1. The van der Waals surface area contributed by atoms with E-state index in [4.69, 9.17) is 4.74 Å². The fourth-order valence-electron chi connectivity index (χ4n) is 3.17. The minimum absolute atomic E-state index is 0.0755. The van der Waals surface area contributed by atoms with Gasteiger partial charge in [0.1, 0.15) is 11.4 Å². The molecular formula is C19H24N2O4. The van der Waals surface area contributed by atoms with Crippen molar-refractivity contribution in [3.8, 4) is 5.75 Å². The summed E-state index contributed by atoms with van der Waals surface area (Å²) in [5.74, 6) is 0.125. The van der Waals surface area contributed by atoms with Gasteiger partial charge in [-0.3, -0.25) is 4.79 Å². The van der Waals surface area contributed by atoms with Gasteiger partial charge in [0.25, 0.3) is 0 Å². The zero-order chi connectivity index (χ0) is 18.2. The molecule has 3 rings (SSSR count). The molecule has 0 bridgehead atoms. The number of phenolic OH excluding ortho intramolecular Hbond substituents is 1. The maximum Gasteiger partial charge on any atom is 0.410 e. The lowest BCUT2D eigenvalue weighted by molar-refractivity contribution is -0.117. The first-order valence-electron chi connectivity index (χ1n) is 8.51. The van der Waals surface area contributed by atoms with Crippen LogP contribution in [-0.4, -0.2) is 40.7 Å². The second-order valence-corrected chi connectivity index (χ2v) is 7.58. The smallest absolute Gasteiger partial charge is 0.410 e. The first kappa shape index (κ1) is 17.3. The number of hydrogen-bond donors (Lipinski definition) is 2. The van der Waals surface area contributed by atoms with E-state index < -0.39 is 5.60 Å². The average Bonchev–Trinajstić information content (AvgIpc) is 2.85. The highest BCUT2D eigenvalue weighted by Gasteiger charge is 2.30. The minimum Gasteiger partial charge on any atom is -0.508 e. The molecule has 0 radical (unpaired) electrons. The molecule has 6 heteroatoms. The van der Waals surface area contributed by atoms with Gasteiger partial charge in [0.15, 0.2) is 0 Å². The molecule has 1 heterocycles. The van der Waals surface area contributed by atoms with Crippen LogP contribution in [0, 0.1) is 0 Å². The zero-order valence-corrected chi connectivity index (χ0v) is 14.8. The number of aromatic hydroxyl groups is 1. The van der Waals surface area contributed by atoms with Crippen molar-refractivity contribution in [1.82, 2.24) is 10.2 Å². The van der Waals surface area contributed by atoms with E-state index in [0.29, 0.717) is 18.8 Å². The van der Waals surface area contributed by atoms with E-state index in [9.17, 15) is 14.7 Å². The summed E-state index contributed by atoms with van der Waals surface area (Å²) >= 11 is 0. The summed E-state index contributed by atoms with van der Waals surface area (Å²) < 4.78 is 5.29. The largest absolute Gasteiger partial charge is 0.508 e. The summed E-state index contributed by atoms with van der Waals surface area (Å²) in [6.07, 6.45) is 2.74. The summed E-state index contributed by atoms with van der Waals surface area (Å²) in [4.78, 5) is 25.7. The highest BCUT2D eigenvalue weighted by molar-refractivity contribution is 5.89. The fourth-order valence-corrected chi connectivity index (χ4v) is 3.17. The third-order valence-electron chi connectivity index (χ3n) is 4.34. The third kappa shape index (κ3) is 3.95. The lowest BCUT2D eigenvalue weighted by Gasteiger charge is -2.35. The van der Waals surface area contributed by atoms with E-state index in [1.807, 2.05) is 26.8 Å². The second-order valence-electron chi connectivity index (χ2n) is 7.58. The number of ether oxygens (including phenoxy) is 1. The molecule has 1 aliphatic carbocycles. The Morgan fingerprint density at radius 1 is 1.32 bits per heavy atom. The molecule has 0 spiro atoms. The van der Waals surface area contributed by atoms with Crippen LogP contribution < -0.4 is 5.32 Å². The first-order valence-corrected chi connectivity index (χ1v) is 8.51. The van der Waals surface area contributed by atoms with Gasteiger partial charge in [-0.25, -0.2) is 4.79 Å². The van der Waals surface area contributed by atoms with Crippen LogP contribution in [0.15, 0.2) is 29.8 Å². The molecule has 2 amide bonds. The van der Waals surface area contributed by atoms with Crippen molar-refractivity contribution < 1.29 is 19.4 Å². The SMILES string of the molecule is CC(C)(C)OC(=O)N1CC(=CC(=O)NC2CCc3c(O)cccc32)C1. The molecular weight excluding hydrogens is 320 g/mol. The number of hydrogen-bond acceptors (Lipinski definition) is 4. The van der Waals surface area contributed by atoms with Gasteiger partial charge in [0.2, 0.25) is 5.91 Å². The van der Waals surface area contributed by atoms with E-state index in [0.717, 1.165) is 29.5 Å². The quantitative estimate of drug-likeness (QED) is 0.809. The Balaban J connectivity index is 1.53. The second kappa shape index (κ2) is 6.43. The molecule has 2 aliphatic rings. The van der Waals surface area contributed by atoms with Crippen molar-refractivity contribution in [2.24, 2.45) is 0 Å². The molecule has 0 aromatic heterocycles. The number of carbonyl (C=O) groups excluding carboxylic acids is 2. The molecule has 1 fully saturated rings. The molecule has 134 valence electrons. The van der Waals surface area contributed by atoms with E-state index in [2.05, 4.69) is 5.32 Å². The summed E-state index contributed by atoms with van der Waals surface area (Å²) in [5, 5.41) is 12.8. The predicted molar refractivity (Wildman–Crippen MR) is 93.2 cm³/mol. The molecule has 1 aromatic carbocycles. The molecule has 1 saturated heterocycles. The van der Waals surface area contributed by atoms with Crippen LogP contribution in [-0.2, 0) is 16.0 Å². The van der Waals surface area contributed by atoms with Crippen molar-refractivity contribution in [3.63, 3.8) is 0 Å². The monoisotopic (exact) mass is 344 g/mol. The van der Waals surface area contributed by atoms with Crippen LogP contribution in [0.5, 0.6) is 5.75 Å². The Labute approximate surface area is 147 Å². The number of nitrogens with one attached hydrogen (secondary N) is 1. The van der Waals surface area contributed by atoms with Crippen LogP contribution in [0.25, 0.3) is 0 Å². The van der Waals surface area contributed by atoms with Crippen LogP contribution >= 0.6 is 0 Å². The Morgan fingerprint density at radius 3 is 2.72 bits per heavy atom. The van der Waals surface area contributed by atoms with Gasteiger partial charge in [-0.1, -0.05) is 12.1 Å². The molecule has 6 nitrogen and oxygen atoms in total. The van der Waals surface area contributed by atoms with Crippen LogP contribution in [0.2, 0.25) is 0 Å². The van der Waals surface area contributed by atoms with Crippen molar-refractivity contribution in [1.29, 1.82) is 0 Å². The number of nitrogens with zero attached hydrogens (tertiary/aromatic N) is 1. The molecule has 1 unspecified atom stereocenters. The molecule has 2 N–H and O–H groups in total. The summed E-state index contributed by atoms with van der Waals surface area (Å²) in [7, 11) is 0. The number of rotatable bonds is 2. The van der Waals surface area contributed by atoms with E-state index in [-0.39, 0.29) is 18.0 Å². The third-order valence-corrected chi connectivity index (χ3v) is 4.34. The van der Waals surface area contributed by atoms with Crippen LogP contribution in [0.4, 0.5) is 4.79 Å². The average molecular weight is 344 g/mol. The molecule has 1 atom stereocenters. The van der Waals surface area contributed by atoms with Gasteiger partial charge < -0.3 is 20.1 Å². The lowest BCUT2D eigenvalue weighted by Crippen LogP contribution is -2.47. The fraction of sp³-hybridized carbons (Fsp3) is 0.474. The van der Waals surface area contributed by atoms with Crippen molar-refractivity contribution in [2.75, 3.05) is 13.1 Å². The maximum absolute atomic E-state index is 12.2. The van der Waals surface area contributed by atoms with Gasteiger partial charge in [-0.15, -0.1) is 0 Å². The van der Waals surface area contributed by atoms with Crippen molar-refractivity contribution in [2.45, 2.75) is 45.3 Å². The predicted octanol–water partition coefficient (Wildman–Crippen LogP) is 2.67. The molecule has 0 saturated carbocycles. The Bertz CT molecular complexity index is 725. The van der Waals surface area contributed by atoms with Crippen molar-refractivity contribution >= 4 is 12.0 Å². The summed E-state index contributed by atoms with van der Waals surface area (Å²) in [5.41, 5.74) is 2.28. The Kier molecular flexibility index (Phi) is 4.45. The van der Waals surface area contributed by atoms with Gasteiger partial charge >= 0.3 is 6.09 Å². The van der Waals surface area contributed by atoms with E-state index in [1.54, 1.807) is 23.1 Å². The zero-order valence-electron chi connectivity index (χ0n) is 14.8. The Morgan fingerprint density at radius 2 is 2.04 bits per heavy atom. The molecule has 1 aliphatic heterocycles. The number of carbonyl (C=O) groups is 2. The van der Waals surface area contributed by atoms with Gasteiger partial charge in [0, 0.05) is 19.2 Å². The highest BCUT2D eigenvalue weighted by Crippen LogP contribution is 2.36. The van der Waals surface area contributed by atoms with E-state index >= 15 is 0 Å². The van der Waals surface area contributed by atoms with E-state index in [1.165, 1.54) is 0 Å². The van der Waals surface area contributed by atoms with Crippen molar-refractivity contribution in [3.05, 3.63) is 41.0 Å². The molecule has 25 heavy (non-hydrogen) atoms. The number of phenols is 1. The highest BCUT2D eigenvalue weighted by atomic mass is 16.6. The standard InChI is InChI=1S/C19H24N2O4/c1-19(2,3)25-18(24)21-10-12(11-21)9-17(23)20-15-8-7-14-13(15)5-4-6-16(14)22/h4-6,9,15,22H,7-8,10-11H2,1-3H3,(H,20,23). The number of amides is 2. The first-order chi connectivity index (χ1) is 11.7. The molecule has 1 aromatic rings. The number of benzene rings is 1. The number of likely N-dealkylation sites (tertiary alicyclic amines) is 1. The van der Waals surface area contributed by atoms with Crippen LogP contribution in [0.3, 0.4) is 0 Å². The summed E-state index contributed by atoms with van der Waals surface area (Å²) in [6, 6.07) is 5.33. The van der Waals surface area contributed by atoms with Gasteiger partial charge in [-0.05, 0) is 56.4 Å². The normalized spacial score (nSPS) is 19.1. The van der Waals surface area contributed by atoms with Gasteiger partial charge in [-0.2, -0.15) is 0 Å². The minimum atomic E-state index is -0.519. The lowest BCUT2D eigenvalue weighted by atomic mass is 10.1. The Hall–Kier alpha value is -2.50. The van der Waals surface area contributed by atoms with Crippen LogP contribution in [0.1, 0.15) is 44.4 Å². The topological polar surface area (TPSA) is 78.9 Å². The summed E-state index contributed by atoms with van der Waals surface area (Å²) in [6.45, 7) is 6.32. The maximum atomic E-state index is 12.2.